The minimum atomic E-state index is -0.283. The molecule has 0 aliphatic heterocycles. The molecule has 0 aliphatic rings. The minimum Gasteiger partial charge on any atom is -0.326 e. The van der Waals surface area contributed by atoms with E-state index >= 15 is 0 Å². The third-order valence-corrected chi connectivity index (χ3v) is 3.89. The number of carbonyl (C=O) groups is 2. The summed E-state index contributed by atoms with van der Waals surface area (Å²) < 4.78 is 0. The van der Waals surface area contributed by atoms with Crippen molar-refractivity contribution in [3.63, 3.8) is 0 Å². The van der Waals surface area contributed by atoms with Gasteiger partial charge in [-0.25, -0.2) is 0 Å². The van der Waals surface area contributed by atoms with Gasteiger partial charge >= 0.3 is 0 Å². The molecule has 0 saturated carbocycles. The van der Waals surface area contributed by atoms with Gasteiger partial charge in [-0.3, -0.25) is 14.6 Å². The Hall–Kier alpha value is -3.47. The van der Waals surface area contributed by atoms with E-state index in [1.165, 1.54) is 6.92 Å². The molecule has 0 bridgehead atoms. The summed E-state index contributed by atoms with van der Waals surface area (Å²) in [6, 6.07) is 18.8. The number of pyridine rings is 1. The fourth-order valence-corrected chi connectivity index (χ4v) is 2.63. The lowest BCUT2D eigenvalue weighted by Crippen LogP contribution is -2.14. The van der Waals surface area contributed by atoms with Crippen molar-refractivity contribution < 1.29 is 9.59 Å². The Bertz CT molecular complexity index is 952. The van der Waals surface area contributed by atoms with Crippen LogP contribution in [0.15, 0.2) is 66.9 Å². The monoisotopic (exact) mass is 345 g/mol. The highest BCUT2D eigenvalue weighted by atomic mass is 16.2. The molecule has 0 radical (unpaired) electrons. The number of rotatable bonds is 4. The maximum absolute atomic E-state index is 12.5. The molecule has 5 heteroatoms. The first kappa shape index (κ1) is 17.4. The van der Waals surface area contributed by atoms with Gasteiger partial charge in [0.1, 0.15) is 5.69 Å². The second kappa shape index (κ2) is 7.61. The van der Waals surface area contributed by atoms with Crippen molar-refractivity contribution in [2.24, 2.45) is 0 Å². The lowest BCUT2D eigenvalue weighted by Gasteiger charge is -2.10. The van der Waals surface area contributed by atoms with E-state index in [4.69, 9.17) is 0 Å². The maximum Gasteiger partial charge on any atom is 0.274 e. The fraction of sp³-hybridized carbons (Fsp3) is 0.0952. The molecule has 0 atom stereocenters. The van der Waals surface area contributed by atoms with Crippen LogP contribution < -0.4 is 10.6 Å². The summed E-state index contributed by atoms with van der Waals surface area (Å²) in [4.78, 5) is 27.9. The first-order valence-corrected chi connectivity index (χ1v) is 8.24. The lowest BCUT2D eigenvalue weighted by molar-refractivity contribution is -0.114. The minimum absolute atomic E-state index is 0.133. The number of carbonyl (C=O) groups excluding carboxylic acids is 2. The molecule has 2 amide bonds. The van der Waals surface area contributed by atoms with Crippen molar-refractivity contribution in [3.05, 3.63) is 78.1 Å². The zero-order valence-corrected chi connectivity index (χ0v) is 14.6. The number of amides is 2. The summed E-state index contributed by atoms with van der Waals surface area (Å²) in [6.45, 7) is 3.33. The normalized spacial score (nSPS) is 10.2. The van der Waals surface area contributed by atoms with Crippen LogP contribution in [0.5, 0.6) is 0 Å². The molecule has 5 nitrogen and oxygen atoms in total. The third-order valence-electron chi connectivity index (χ3n) is 3.89. The molecule has 26 heavy (non-hydrogen) atoms. The van der Waals surface area contributed by atoms with E-state index in [9.17, 15) is 9.59 Å². The molecule has 0 aliphatic carbocycles. The van der Waals surface area contributed by atoms with Crippen LogP contribution in [0.4, 0.5) is 11.4 Å². The standard InChI is InChI=1S/C21H19N3O2/c1-14-12-18(8-9-19(14)23-15(2)25)24-21(26)20-13-17(10-11-22-20)16-6-4-3-5-7-16/h3-13H,1-2H3,(H,23,25)(H,24,26). The van der Waals surface area contributed by atoms with Gasteiger partial charge in [0.2, 0.25) is 5.91 Å². The van der Waals surface area contributed by atoms with E-state index in [0.717, 1.165) is 22.4 Å². The summed E-state index contributed by atoms with van der Waals surface area (Å²) in [6.07, 6.45) is 1.63. The third kappa shape index (κ3) is 4.13. The molecule has 2 aromatic carbocycles. The zero-order chi connectivity index (χ0) is 18.5. The van der Waals surface area contributed by atoms with Crippen molar-refractivity contribution >= 4 is 23.2 Å². The molecular formula is C21H19N3O2. The molecule has 0 fully saturated rings. The van der Waals surface area contributed by atoms with Crippen LogP contribution >= 0.6 is 0 Å². The topological polar surface area (TPSA) is 71.1 Å². The largest absolute Gasteiger partial charge is 0.326 e. The van der Waals surface area contributed by atoms with Gasteiger partial charge in [0.15, 0.2) is 0 Å². The number of nitrogens with one attached hydrogen (secondary N) is 2. The van der Waals surface area contributed by atoms with Crippen LogP contribution in [0, 0.1) is 6.92 Å². The van der Waals surface area contributed by atoms with Gasteiger partial charge in [-0.15, -0.1) is 0 Å². The van der Waals surface area contributed by atoms with Crippen LogP contribution in [0.1, 0.15) is 23.0 Å². The number of aromatic nitrogens is 1. The van der Waals surface area contributed by atoms with E-state index < -0.39 is 0 Å². The molecule has 0 spiro atoms. The molecule has 0 unspecified atom stereocenters. The van der Waals surface area contributed by atoms with Crippen LogP contribution in [0.25, 0.3) is 11.1 Å². The summed E-state index contributed by atoms with van der Waals surface area (Å²) >= 11 is 0. The number of nitrogens with zero attached hydrogens (tertiary/aromatic N) is 1. The highest BCUT2D eigenvalue weighted by Crippen LogP contribution is 2.22. The quantitative estimate of drug-likeness (QED) is 0.742. The predicted molar refractivity (Wildman–Crippen MR) is 103 cm³/mol. The van der Waals surface area contributed by atoms with Crippen LogP contribution in [-0.2, 0) is 4.79 Å². The van der Waals surface area contributed by atoms with E-state index in [2.05, 4.69) is 15.6 Å². The molecule has 2 N–H and O–H groups in total. The number of benzene rings is 2. The summed E-state index contributed by atoms with van der Waals surface area (Å²) in [5.74, 6) is -0.415. The molecule has 3 aromatic rings. The van der Waals surface area contributed by atoms with E-state index in [1.807, 2.05) is 49.4 Å². The first-order chi connectivity index (χ1) is 12.5. The van der Waals surface area contributed by atoms with E-state index in [-0.39, 0.29) is 11.8 Å². The van der Waals surface area contributed by atoms with Crippen molar-refractivity contribution in [3.8, 4) is 11.1 Å². The number of hydrogen-bond acceptors (Lipinski definition) is 3. The van der Waals surface area contributed by atoms with Crippen molar-refractivity contribution in [2.45, 2.75) is 13.8 Å². The van der Waals surface area contributed by atoms with Gasteiger partial charge in [0, 0.05) is 24.5 Å². The zero-order valence-electron chi connectivity index (χ0n) is 14.6. The van der Waals surface area contributed by atoms with Gasteiger partial charge in [-0.1, -0.05) is 30.3 Å². The first-order valence-electron chi connectivity index (χ1n) is 8.24. The Morgan fingerprint density at radius 1 is 0.885 bits per heavy atom. The second-order valence-electron chi connectivity index (χ2n) is 5.96. The van der Waals surface area contributed by atoms with Gasteiger partial charge in [-0.05, 0) is 53.9 Å². The van der Waals surface area contributed by atoms with Gasteiger partial charge in [-0.2, -0.15) is 0 Å². The molecule has 0 saturated heterocycles. The van der Waals surface area contributed by atoms with E-state index in [0.29, 0.717) is 11.4 Å². The number of aryl methyl sites for hydroxylation is 1. The van der Waals surface area contributed by atoms with E-state index in [1.54, 1.807) is 24.4 Å². The van der Waals surface area contributed by atoms with Gasteiger partial charge in [0.05, 0.1) is 0 Å². The maximum atomic E-state index is 12.5. The lowest BCUT2D eigenvalue weighted by atomic mass is 10.1. The highest BCUT2D eigenvalue weighted by Gasteiger charge is 2.10. The van der Waals surface area contributed by atoms with Gasteiger partial charge in [0.25, 0.3) is 5.91 Å². The predicted octanol–water partition coefficient (Wildman–Crippen LogP) is 4.27. The summed E-state index contributed by atoms with van der Waals surface area (Å²) in [5.41, 5.74) is 4.54. The Morgan fingerprint density at radius 3 is 2.35 bits per heavy atom. The Morgan fingerprint density at radius 2 is 1.65 bits per heavy atom. The Kier molecular flexibility index (Phi) is 5.08. The van der Waals surface area contributed by atoms with Crippen LogP contribution in [0.3, 0.4) is 0 Å². The second-order valence-corrected chi connectivity index (χ2v) is 5.96. The average molecular weight is 345 g/mol. The summed E-state index contributed by atoms with van der Waals surface area (Å²) in [7, 11) is 0. The van der Waals surface area contributed by atoms with Crippen molar-refractivity contribution in [2.75, 3.05) is 10.6 Å². The number of hydrogen-bond donors (Lipinski definition) is 2. The van der Waals surface area contributed by atoms with Crippen molar-refractivity contribution in [1.82, 2.24) is 4.98 Å². The highest BCUT2D eigenvalue weighted by molar-refractivity contribution is 6.03. The SMILES string of the molecule is CC(=O)Nc1ccc(NC(=O)c2cc(-c3ccccc3)ccn2)cc1C. The molecule has 1 aromatic heterocycles. The average Bonchev–Trinajstić information content (AvgIpc) is 2.64. The number of anilines is 2. The molecule has 3 rings (SSSR count). The molecular weight excluding hydrogens is 326 g/mol. The molecule has 1 heterocycles. The van der Waals surface area contributed by atoms with Gasteiger partial charge < -0.3 is 10.6 Å². The Labute approximate surface area is 152 Å². The fourth-order valence-electron chi connectivity index (χ4n) is 2.63. The molecule has 130 valence electrons. The van der Waals surface area contributed by atoms with Crippen LogP contribution in [-0.4, -0.2) is 16.8 Å². The smallest absolute Gasteiger partial charge is 0.274 e. The Balaban J connectivity index is 1.78. The van der Waals surface area contributed by atoms with Crippen LogP contribution in [0.2, 0.25) is 0 Å². The van der Waals surface area contributed by atoms with Crippen molar-refractivity contribution in [1.29, 1.82) is 0 Å². The summed E-state index contributed by atoms with van der Waals surface area (Å²) in [5, 5.41) is 5.59.